The summed E-state index contributed by atoms with van der Waals surface area (Å²) >= 11 is 1.54. The van der Waals surface area contributed by atoms with E-state index >= 15 is 0 Å². The maximum atomic E-state index is 13.1. The highest BCUT2D eigenvalue weighted by atomic mass is 32.1. The van der Waals surface area contributed by atoms with Crippen molar-refractivity contribution in [2.75, 3.05) is 26.7 Å². The molecule has 0 radical (unpaired) electrons. The third-order valence-corrected chi connectivity index (χ3v) is 8.34. The summed E-state index contributed by atoms with van der Waals surface area (Å²) in [6.45, 7) is 2.63. The van der Waals surface area contributed by atoms with Gasteiger partial charge in [-0.1, -0.05) is 24.3 Å². The van der Waals surface area contributed by atoms with Crippen molar-refractivity contribution >= 4 is 28.9 Å². The molecule has 37 heavy (non-hydrogen) atoms. The second-order valence-electron chi connectivity index (χ2n) is 9.62. The first-order valence-electron chi connectivity index (χ1n) is 12.8. The molecule has 1 saturated heterocycles. The molecule has 7 nitrogen and oxygen atoms in total. The smallest absolute Gasteiger partial charge is 0.273 e. The van der Waals surface area contributed by atoms with Gasteiger partial charge in [0, 0.05) is 55.9 Å². The monoisotopic (exact) mass is 517 g/mol. The number of fused-ring (bicyclic) bond motifs is 1. The van der Waals surface area contributed by atoms with Crippen molar-refractivity contribution in [2.24, 2.45) is 0 Å². The maximum Gasteiger partial charge on any atom is 0.273 e. The first kappa shape index (κ1) is 25.1. The maximum absolute atomic E-state index is 13.1. The van der Waals surface area contributed by atoms with Crippen LogP contribution in [-0.2, 0) is 17.8 Å². The molecule has 0 aliphatic carbocycles. The summed E-state index contributed by atoms with van der Waals surface area (Å²) in [5.41, 5.74) is 3.64. The summed E-state index contributed by atoms with van der Waals surface area (Å²) in [6.07, 6.45) is 2.91. The Morgan fingerprint density at radius 1 is 0.946 bits per heavy atom. The van der Waals surface area contributed by atoms with Crippen LogP contribution < -0.4 is 4.74 Å². The molecule has 2 aliphatic rings. The van der Waals surface area contributed by atoms with Gasteiger partial charge >= 0.3 is 0 Å². The van der Waals surface area contributed by atoms with E-state index in [1.54, 1.807) is 42.7 Å². The van der Waals surface area contributed by atoms with Crippen molar-refractivity contribution in [3.05, 3.63) is 81.3 Å². The molecule has 0 saturated carbocycles. The van der Waals surface area contributed by atoms with E-state index < -0.39 is 0 Å². The molecule has 1 aromatic heterocycles. The minimum Gasteiger partial charge on any atom is -0.497 e. The molecule has 2 aromatic carbocycles. The second kappa shape index (κ2) is 11.3. The summed E-state index contributed by atoms with van der Waals surface area (Å²) in [4.78, 5) is 46.7. The lowest BCUT2D eigenvalue weighted by Gasteiger charge is -2.31. The summed E-state index contributed by atoms with van der Waals surface area (Å²) in [7, 11) is 1.58. The van der Waals surface area contributed by atoms with Gasteiger partial charge < -0.3 is 14.5 Å². The van der Waals surface area contributed by atoms with E-state index in [1.807, 2.05) is 27.3 Å². The van der Waals surface area contributed by atoms with Crippen molar-refractivity contribution in [3.63, 3.8) is 0 Å². The minimum atomic E-state index is -0.0388. The fourth-order valence-electron chi connectivity index (χ4n) is 5.08. The molecular weight excluding hydrogens is 486 g/mol. The van der Waals surface area contributed by atoms with Gasteiger partial charge in [0.25, 0.3) is 5.91 Å². The van der Waals surface area contributed by atoms with Crippen molar-refractivity contribution in [3.8, 4) is 5.75 Å². The number of methoxy groups -OCH3 is 1. The van der Waals surface area contributed by atoms with Crippen LogP contribution in [0.1, 0.15) is 68.6 Å². The van der Waals surface area contributed by atoms with E-state index in [9.17, 15) is 14.4 Å². The number of thiazole rings is 1. The van der Waals surface area contributed by atoms with Crippen LogP contribution in [-0.4, -0.2) is 59.1 Å². The number of nitrogens with zero attached hydrogens (tertiary/aromatic N) is 3. The van der Waals surface area contributed by atoms with Crippen LogP contribution in [0, 0.1) is 0 Å². The number of carbonyl (C=O) groups excluding carboxylic acids is 3. The van der Waals surface area contributed by atoms with Crippen LogP contribution in [0.3, 0.4) is 0 Å². The lowest BCUT2D eigenvalue weighted by Crippen LogP contribution is -2.38. The average Bonchev–Trinajstić information content (AvgIpc) is 3.45. The van der Waals surface area contributed by atoms with E-state index in [-0.39, 0.29) is 36.4 Å². The quantitative estimate of drug-likeness (QED) is 0.424. The van der Waals surface area contributed by atoms with Crippen molar-refractivity contribution < 1.29 is 19.1 Å². The number of piperidine rings is 1. The molecule has 0 spiro atoms. The van der Waals surface area contributed by atoms with Gasteiger partial charge in [-0.15, -0.1) is 11.3 Å². The number of carbonyl (C=O) groups is 3. The van der Waals surface area contributed by atoms with Gasteiger partial charge in [0.05, 0.1) is 12.1 Å². The summed E-state index contributed by atoms with van der Waals surface area (Å²) in [5, 5.41) is 2.85. The fourth-order valence-corrected chi connectivity index (χ4v) is 6.05. The van der Waals surface area contributed by atoms with Crippen molar-refractivity contribution in [1.29, 1.82) is 0 Å². The first-order chi connectivity index (χ1) is 18.0. The topological polar surface area (TPSA) is 79.8 Å². The number of Topliss-reactive ketones (excluding diaryl/α,β-unsaturated/α-hetero) is 1. The largest absolute Gasteiger partial charge is 0.497 e. The first-order valence-corrected chi connectivity index (χ1v) is 13.7. The molecule has 2 amide bonds. The van der Waals surface area contributed by atoms with Gasteiger partial charge in [0.15, 0.2) is 5.78 Å². The van der Waals surface area contributed by atoms with Crippen molar-refractivity contribution in [1.82, 2.24) is 14.8 Å². The Morgan fingerprint density at radius 3 is 2.41 bits per heavy atom. The zero-order chi connectivity index (χ0) is 25.8. The Labute approximate surface area is 221 Å². The van der Waals surface area contributed by atoms with E-state index in [2.05, 4.69) is 12.1 Å². The van der Waals surface area contributed by atoms with E-state index in [0.29, 0.717) is 43.2 Å². The molecule has 3 heterocycles. The second-order valence-corrected chi connectivity index (χ2v) is 10.5. The van der Waals surface area contributed by atoms with Gasteiger partial charge in [0.2, 0.25) is 5.91 Å². The number of hydrogen-bond acceptors (Lipinski definition) is 6. The van der Waals surface area contributed by atoms with Crippen molar-refractivity contribution in [2.45, 2.75) is 44.6 Å². The lowest BCUT2D eigenvalue weighted by atomic mass is 9.97. The van der Waals surface area contributed by atoms with Gasteiger partial charge in [-0.25, -0.2) is 4.98 Å². The normalized spacial score (nSPS) is 15.8. The molecule has 5 rings (SSSR count). The summed E-state index contributed by atoms with van der Waals surface area (Å²) in [5.74, 6) is 0.915. The number of ether oxygens (including phenoxy) is 1. The Bertz CT molecular complexity index is 1280. The van der Waals surface area contributed by atoms with E-state index in [0.717, 1.165) is 24.3 Å². The SMILES string of the molecule is COc1ccc(C(=O)CCC(=O)N2CCC(c3nc(C(=O)N4CCc5ccccc5C4)cs3)CC2)cc1. The average molecular weight is 518 g/mol. The molecule has 0 atom stereocenters. The molecule has 0 unspecified atom stereocenters. The Kier molecular flexibility index (Phi) is 7.65. The number of rotatable bonds is 7. The summed E-state index contributed by atoms with van der Waals surface area (Å²) in [6, 6.07) is 15.3. The number of likely N-dealkylation sites (tertiary alicyclic amines) is 1. The molecule has 1 fully saturated rings. The van der Waals surface area contributed by atoms with Crippen LogP contribution in [0.5, 0.6) is 5.75 Å². The summed E-state index contributed by atoms with van der Waals surface area (Å²) < 4.78 is 5.12. The highest BCUT2D eigenvalue weighted by Crippen LogP contribution is 2.31. The van der Waals surface area contributed by atoms with Gasteiger partial charge in [0.1, 0.15) is 11.4 Å². The highest BCUT2D eigenvalue weighted by Gasteiger charge is 2.28. The molecule has 0 bridgehead atoms. The molecule has 3 aromatic rings. The van der Waals surface area contributed by atoms with Gasteiger partial charge in [-0.2, -0.15) is 0 Å². The van der Waals surface area contributed by atoms with Crippen LogP contribution in [0.25, 0.3) is 0 Å². The number of amides is 2. The Morgan fingerprint density at radius 2 is 1.68 bits per heavy atom. The molecule has 8 heteroatoms. The predicted octanol–water partition coefficient (Wildman–Crippen LogP) is 4.72. The third-order valence-electron chi connectivity index (χ3n) is 7.33. The fraction of sp³-hybridized carbons (Fsp3) is 0.379. The number of hydrogen-bond donors (Lipinski definition) is 0. The Balaban J connectivity index is 1.10. The van der Waals surface area contributed by atoms with E-state index in [4.69, 9.17) is 9.72 Å². The molecule has 192 valence electrons. The van der Waals surface area contributed by atoms with E-state index in [1.165, 1.54) is 11.1 Å². The predicted molar refractivity (Wildman–Crippen MR) is 142 cm³/mol. The number of benzene rings is 2. The zero-order valence-electron chi connectivity index (χ0n) is 21.0. The minimum absolute atomic E-state index is 0.00820. The number of ketones is 1. The Hall–Kier alpha value is -3.52. The molecular formula is C29H31N3O4S. The van der Waals surface area contributed by atoms with Crippen LogP contribution in [0.15, 0.2) is 53.9 Å². The highest BCUT2D eigenvalue weighted by molar-refractivity contribution is 7.09. The molecule has 0 N–H and O–H groups in total. The number of aromatic nitrogens is 1. The van der Waals surface area contributed by atoms with Crippen LogP contribution in [0.4, 0.5) is 0 Å². The standard InChI is InChI=1S/C29H31N3O4S/c1-36-24-8-6-21(7-9-24)26(33)10-11-27(34)31-15-13-22(14-16-31)28-30-25(19-37-28)29(35)32-17-12-20-4-2-3-5-23(20)18-32/h2-9,19,22H,10-18H2,1H3. The molecule has 2 aliphatic heterocycles. The zero-order valence-corrected chi connectivity index (χ0v) is 21.8. The lowest BCUT2D eigenvalue weighted by molar-refractivity contribution is -0.132. The van der Waals surface area contributed by atoms with Crippen LogP contribution >= 0.6 is 11.3 Å². The van der Waals surface area contributed by atoms with Gasteiger partial charge in [-0.3, -0.25) is 14.4 Å². The van der Waals surface area contributed by atoms with Crippen LogP contribution in [0.2, 0.25) is 0 Å². The third kappa shape index (κ3) is 5.74. The van der Waals surface area contributed by atoms with Gasteiger partial charge in [-0.05, 0) is 54.7 Å².